The molecule has 2 aliphatic rings. The van der Waals surface area contributed by atoms with Gasteiger partial charge < -0.3 is 14.7 Å². The number of nitriles is 1. The number of benzene rings is 2. The molecule has 2 aliphatic heterocycles. The molecule has 0 saturated carbocycles. The molecule has 1 N–H and O–H groups in total. The quantitative estimate of drug-likeness (QED) is 0.778. The van der Waals surface area contributed by atoms with Crippen LogP contribution in [0, 0.1) is 11.3 Å². The fourth-order valence-electron chi connectivity index (χ4n) is 3.54. The predicted octanol–water partition coefficient (Wildman–Crippen LogP) is 4.35. The zero-order chi connectivity index (χ0) is 17.4. The summed E-state index contributed by atoms with van der Waals surface area (Å²) < 4.78 is 6.13. The van der Waals surface area contributed by atoms with E-state index in [0.29, 0.717) is 37.2 Å². The molecule has 0 atom stereocenters. The minimum Gasteiger partial charge on any atom is -0.465 e. The molecule has 5 heteroatoms. The molecule has 0 aliphatic carbocycles. The second kappa shape index (κ2) is 5.99. The first-order valence-electron chi connectivity index (χ1n) is 8.19. The van der Waals surface area contributed by atoms with Crippen LogP contribution in [0.15, 0.2) is 42.5 Å². The average Bonchev–Trinajstić information content (AvgIpc) is 2.91. The topological polar surface area (TPSA) is 73.6 Å². The molecule has 0 radical (unpaired) electrons. The van der Waals surface area contributed by atoms with Gasteiger partial charge in [-0.3, -0.25) is 0 Å². The van der Waals surface area contributed by atoms with Crippen LogP contribution in [0.25, 0.3) is 11.1 Å². The van der Waals surface area contributed by atoms with Gasteiger partial charge in [0.1, 0.15) is 11.5 Å². The Balaban J connectivity index is 1.92. The number of hydrogen-bond donors (Lipinski definition) is 1. The first-order valence-corrected chi connectivity index (χ1v) is 8.19. The average molecular weight is 332 g/mol. The molecule has 0 saturated heterocycles. The fourth-order valence-corrected chi connectivity index (χ4v) is 3.54. The second-order valence-corrected chi connectivity index (χ2v) is 6.15. The lowest BCUT2D eigenvalue weighted by molar-refractivity contribution is 0.148. The Hall–Kier alpha value is -3.26. The van der Waals surface area contributed by atoms with Crippen LogP contribution in [-0.2, 0) is 0 Å². The normalized spacial score (nSPS) is 15.7. The number of rotatable bonds is 0. The third-order valence-electron chi connectivity index (χ3n) is 4.76. The minimum absolute atomic E-state index is 0.437. The lowest BCUT2D eigenvalue weighted by Crippen LogP contribution is -2.30. The third-order valence-corrected chi connectivity index (χ3v) is 4.76. The van der Waals surface area contributed by atoms with Gasteiger partial charge in [-0.15, -0.1) is 0 Å². The molecule has 2 aromatic rings. The monoisotopic (exact) mass is 332 g/mol. The molecule has 25 heavy (non-hydrogen) atoms. The summed E-state index contributed by atoms with van der Waals surface area (Å²) in [5, 5.41) is 18.6. The zero-order valence-corrected chi connectivity index (χ0v) is 13.5. The Labute approximate surface area is 145 Å². The van der Waals surface area contributed by atoms with Gasteiger partial charge in [-0.1, -0.05) is 18.2 Å². The van der Waals surface area contributed by atoms with Gasteiger partial charge >= 0.3 is 6.09 Å². The second-order valence-electron chi connectivity index (χ2n) is 6.15. The van der Waals surface area contributed by atoms with E-state index in [-0.39, 0.29) is 0 Å². The van der Waals surface area contributed by atoms with E-state index in [1.807, 2.05) is 36.4 Å². The Morgan fingerprint density at radius 3 is 2.44 bits per heavy atom. The number of amides is 1. The lowest BCUT2D eigenvalue weighted by atomic mass is 9.91. The highest BCUT2D eigenvalue weighted by molar-refractivity contribution is 5.96. The number of ether oxygens (including phenoxy) is 1. The van der Waals surface area contributed by atoms with Crippen LogP contribution in [-0.4, -0.2) is 29.2 Å². The summed E-state index contributed by atoms with van der Waals surface area (Å²) >= 11 is 0. The molecular weight excluding hydrogens is 316 g/mol. The van der Waals surface area contributed by atoms with E-state index in [1.165, 1.54) is 4.90 Å². The highest BCUT2D eigenvalue weighted by atomic mass is 16.5. The first-order chi connectivity index (χ1) is 12.2. The van der Waals surface area contributed by atoms with E-state index < -0.39 is 6.09 Å². The van der Waals surface area contributed by atoms with Crippen LogP contribution in [0.2, 0.25) is 0 Å². The minimum atomic E-state index is -0.895. The van der Waals surface area contributed by atoms with Crippen molar-refractivity contribution in [1.82, 2.24) is 4.90 Å². The van der Waals surface area contributed by atoms with Crippen LogP contribution < -0.4 is 4.74 Å². The van der Waals surface area contributed by atoms with Crippen LogP contribution >= 0.6 is 0 Å². The van der Waals surface area contributed by atoms with Crippen molar-refractivity contribution >= 4 is 17.2 Å². The van der Waals surface area contributed by atoms with Crippen molar-refractivity contribution in [2.75, 3.05) is 13.1 Å². The Morgan fingerprint density at radius 1 is 1.04 bits per heavy atom. The Bertz CT molecular complexity index is 940. The molecule has 1 amide bonds. The molecule has 4 rings (SSSR count). The van der Waals surface area contributed by atoms with Crippen LogP contribution in [0.1, 0.15) is 29.5 Å². The largest absolute Gasteiger partial charge is 0.465 e. The maximum atomic E-state index is 11.4. The summed E-state index contributed by atoms with van der Waals surface area (Å²) in [7, 11) is 0. The lowest BCUT2D eigenvalue weighted by Gasteiger charge is -2.17. The SMILES string of the molecule is N#Cc1ccc2c(c1)C1=C(CCN(C(=O)O)CC1)c1ccccc1O2. The summed E-state index contributed by atoms with van der Waals surface area (Å²) in [4.78, 5) is 12.9. The van der Waals surface area contributed by atoms with Gasteiger partial charge in [0, 0.05) is 24.2 Å². The van der Waals surface area contributed by atoms with Gasteiger partial charge in [-0.05, 0) is 48.3 Å². The van der Waals surface area contributed by atoms with Gasteiger partial charge in [0.05, 0.1) is 11.6 Å². The number of hydrogen-bond acceptors (Lipinski definition) is 3. The first kappa shape index (κ1) is 15.3. The van der Waals surface area contributed by atoms with Crippen molar-refractivity contribution < 1.29 is 14.6 Å². The molecule has 5 nitrogen and oxygen atoms in total. The highest BCUT2D eigenvalue weighted by Crippen LogP contribution is 2.45. The molecular formula is C20H16N2O3. The molecule has 0 fully saturated rings. The van der Waals surface area contributed by atoms with Gasteiger partial charge in [-0.25, -0.2) is 4.79 Å². The van der Waals surface area contributed by atoms with E-state index in [4.69, 9.17) is 4.74 Å². The highest BCUT2D eigenvalue weighted by Gasteiger charge is 2.27. The number of nitrogens with zero attached hydrogens (tertiary/aromatic N) is 2. The van der Waals surface area contributed by atoms with Gasteiger partial charge in [-0.2, -0.15) is 5.26 Å². The fraction of sp³-hybridized carbons (Fsp3) is 0.200. The summed E-state index contributed by atoms with van der Waals surface area (Å²) in [6.45, 7) is 0.891. The van der Waals surface area contributed by atoms with E-state index in [0.717, 1.165) is 28.0 Å². The molecule has 0 bridgehead atoms. The Kier molecular flexibility index (Phi) is 3.66. The van der Waals surface area contributed by atoms with E-state index in [2.05, 4.69) is 6.07 Å². The number of para-hydroxylation sites is 1. The summed E-state index contributed by atoms with van der Waals surface area (Å²) in [6.07, 6.45) is 0.326. The standard InChI is InChI=1S/C20H16N2O3/c21-12-13-5-6-19-17(11-13)15-8-10-22(20(23)24)9-7-14(15)16-3-1-2-4-18(16)25-19/h1-6,11H,7-10H2,(H,23,24). The van der Waals surface area contributed by atoms with Crippen LogP contribution in [0.3, 0.4) is 0 Å². The molecule has 2 aromatic carbocycles. The van der Waals surface area contributed by atoms with Gasteiger partial charge in [0.2, 0.25) is 0 Å². The smallest absolute Gasteiger partial charge is 0.407 e. The number of fused-ring (bicyclic) bond motifs is 4. The predicted molar refractivity (Wildman–Crippen MR) is 93.3 cm³/mol. The molecule has 0 aromatic heterocycles. The maximum absolute atomic E-state index is 11.4. The molecule has 0 spiro atoms. The van der Waals surface area contributed by atoms with Crippen molar-refractivity contribution in [3.05, 3.63) is 59.2 Å². The van der Waals surface area contributed by atoms with Gasteiger partial charge in [0.25, 0.3) is 0 Å². The van der Waals surface area contributed by atoms with E-state index in [1.54, 1.807) is 6.07 Å². The molecule has 0 unspecified atom stereocenters. The van der Waals surface area contributed by atoms with Crippen LogP contribution in [0.4, 0.5) is 4.79 Å². The van der Waals surface area contributed by atoms with Crippen LogP contribution in [0.5, 0.6) is 11.5 Å². The summed E-state index contributed by atoms with van der Waals surface area (Å²) in [5.41, 5.74) is 4.63. The zero-order valence-electron chi connectivity index (χ0n) is 13.5. The van der Waals surface area contributed by atoms with Crippen molar-refractivity contribution in [2.24, 2.45) is 0 Å². The van der Waals surface area contributed by atoms with Crippen molar-refractivity contribution in [1.29, 1.82) is 5.26 Å². The Morgan fingerprint density at radius 2 is 1.72 bits per heavy atom. The molecule has 2 heterocycles. The van der Waals surface area contributed by atoms with Crippen molar-refractivity contribution in [2.45, 2.75) is 12.8 Å². The van der Waals surface area contributed by atoms with E-state index >= 15 is 0 Å². The van der Waals surface area contributed by atoms with Gasteiger partial charge in [0.15, 0.2) is 0 Å². The molecule has 124 valence electrons. The maximum Gasteiger partial charge on any atom is 0.407 e. The van der Waals surface area contributed by atoms with E-state index in [9.17, 15) is 15.2 Å². The number of carbonyl (C=O) groups is 1. The van der Waals surface area contributed by atoms with Crippen molar-refractivity contribution in [3.8, 4) is 17.6 Å². The summed E-state index contributed by atoms with van der Waals surface area (Å²) in [6, 6.07) is 15.4. The summed E-state index contributed by atoms with van der Waals surface area (Å²) in [5.74, 6) is 1.47. The third kappa shape index (κ3) is 2.62. The van der Waals surface area contributed by atoms with Crippen molar-refractivity contribution in [3.63, 3.8) is 0 Å². The number of carboxylic acid groups (broad SMARTS) is 1.